The van der Waals surface area contributed by atoms with Gasteiger partial charge in [-0.3, -0.25) is 14.4 Å². The van der Waals surface area contributed by atoms with Crippen LogP contribution in [0.5, 0.6) is 0 Å². The number of nitrogens with zero attached hydrogens (tertiary/aromatic N) is 3. The third-order valence-electron chi connectivity index (χ3n) is 8.97. The molecule has 0 bridgehead atoms. The number of fused-ring (bicyclic) bond motifs is 1. The van der Waals surface area contributed by atoms with Crippen molar-refractivity contribution < 1.29 is 28.7 Å². The second-order valence-corrected chi connectivity index (χ2v) is 15.0. The Balaban J connectivity index is 1.36. The van der Waals surface area contributed by atoms with Crippen LogP contribution in [0.4, 0.5) is 10.6 Å². The maximum absolute atomic E-state index is 14.2. The fraction of sp³-hybridized carbons (Fsp3) is 0.425. The first kappa shape index (κ1) is 38.0. The van der Waals surface area contributed by atoms with Crippen LogP contribution in [0, 0.1) is 5.92 Å². The topological polar surface area (TPSA) is 144 Å². The first-order valence-corrected chi connectivity index (χ1v) is 17.7. The van der Waals surface area contributed by atoms with Crippen LogP contribution >= 0.6 is 0 Å². The molecule has 1 saturated heterocycles. The van der Waals surface area contributed by atoms with Gasteiger partial charge in [-0.15, -0.1) is 0 Å². The van der Waals surface area contributed by atoms with Gasteiger partial charge in [0.25, 0.3) is 5.91 Å². The Morgan fingerprint density at radius 1 is 0.904 bits per heavy atom. The molecule has 0 radical (unpaired) electrons. The molecule has 4 aromatic rings. The van der Waals surface area contributed by atoms with Gasteiger partial charge in [0.2, 0.25) is 11.8 Å². The average Bonchev–Trinajstić information content (AvgIpc) is 3.54. The molecule has 0 spiro atoms. The lowest BCUT2D eigenvalue weighted by atomic mass is 9.96. The molecule has 5 rings (SSSR count). The highest BCUT2D eigenvalue weighted by Gasteiger charge is 2.35. The van der Waals surface area contributed by atoms with E-state index in [1.54, 1.807) is 31.5 Å². The lowest BCUT2D eigenvalue weighted by Crippen LogP contribution is -2.59. The van der Waals surface area contributed by atoms with Gasteiger partial charge in [0.05, 0.1) is 19.5 Å². The van der Waals surface area contributed by atoms with Crippen molar-refractivity contribution in [2.24, 2.45) is 5.92 Å². The van der Waals surface area contributed by atoms with Crippen LogP contribution in [0.1, 0.15) is 71.6 Å². The Labute approximate surface area is 305 Å². The molecular weight excluding hydrogens is 660 g/mol. The van der Waals surface area contributed by atoms with Gasteiger partial charge in [-0.2, -0.15) is 0 Å². The predicted molar refractivity (Wildman–Crippen MR) is 199 cm³/mol. The minimum absolute atomic E-state index is 0.0448. The monoisotopic (exact) mass is 710 g/mol. The van der Waals surface area contributed by atoms with Crippen LogP contribution in [0.3, 0.4) is 0 Å². The second-order valence-electron chi connectivity index (χ2n) is 15.0. The number of anilines is 1. The van der Waals surface area contributed by atoms with E-state index in [2.05, 4.69) is 27.9 Å². The molecule has 3 aromatic carbocycles. The zero-order valence-electron chi connectivity index (χ0n) is 30.8. The zero-order chi connectivity index (χ0) is 37.5. The fourth-order valence-electron chi connectivity index (χ4n) is 5.98. The SMILES string of the molecule is CC1CCN(C(=O)C(c2ccc3ccccc3c2)n2cnc(NC(=O)C(COCc3ccccc3)NC(=O)C(C)(C)NC(=O)OC(C)(C)C)c2)CC1. The quantitative estimate of drug-likeness (QED) is 0.168. The highest BCUT2D eigenvalue weighted by atomic mass is 16.6. The van der Waals surface area contributed by atoms with E-state index in [9.17, 15) is 19.2 Å². The molecule has 1 aliphatic rings. The van der Waals surface area contributed by atoms with Gasteiger partial charge in [-0.05, 0) is 81.3 Å². The second kappa shape index (κ2) is 16.4. The number of piperidine rings is 1. The highest BCUT2D eigenvalue weighted by molar-refractivity contribution is 5.98. The number of ether oxygens (including phenoxy) is 2. The van der Waals surface area contributed by atoms with Gasteiger partial charge >= 0.3 is 6.09 Å². The third-order valence-corrected chi connectivity index (χ3v) is 8.97. The Kier molecular flexibility index (Phi) is 12.0. The number of alkyl carbamates (subject to hydrolysis) is 1. The number of hydrogen-bond donors (Lipinski definition) is 3. The lowest BCUT2D eigenvalue weighted by molar-refractivity contribution is -0.135. The number of likely N-dealkylation sites (tertiary alicyclic amines) is 1. The van der Waals surface area contributed by atoms with Crippen molar-refractivity contribution in [3.05, 3.63) is 96.4 Å². The van der Waals surface area contributed by atoms with Gasteiger partial charge in [0.15, 0.2) is 5.82 Å². The van der Waals surface area contributed by atoms with Crippen molar-refractivity contribution in [2.45, 2.75) is 84.2 Å². The van der Waals surface area contributed by atoms with E-state index in [0.29, 0.717) is 19.0 Å². The molecule has 0 saturated carbocycles. The van der Waals surface area contributed by atoms with Crippen molar-refractivity contribution in [1.29, 1.82) is 0 Å². The number of carbonyl (C=O) groups is 4. The summed E-state index contributed by atoms with van der Waals surface area (Å²) in [6.07, 6.45) is 4.26. The highest BCUT2D eigenvalue weighted by Crippen LogP contribution is 2.28. The minimum Gasteiger partial charge on any atom is -0.444 e. The summed E-state index contributed by atoms with van der Waals surface area (Å²) < 4.78 is 12.9. The maximum atomic E-state index is 14.2. The van der Waals surface area contributed by atoms with E-state index in [4.69, 9.17) is 9.47 Å². The summed E-state index contributed by atoms with van der Waals surface area (Å²) in [7, 11) is 0. The molecule has 276 valence electrons. The summed E-state index contributed by atoms with van der Waals surface area (Å²) in [6, 6.07) is 21.5. The molecule has 2 heterocycles. The van der Waals surface area contributed by atoms with Crippen molar-refractivity contribution in [1.82, 2.24) is 25.1 Å². The number of nitrogens with one attached hydrogen (secondary N) is 3. The van der Waals surface area contributed by atoms with Gasteiger partial charge in [-0.25, -0.2) is 9.78 Å². The van der Waals surface area contributed by atoms with Crippen LogP contribution in [0.2, 0.25) is 0 Å². The number of benzene rings is 3. The molecule has 1 aromatic heterocycles. The average molecular weight is 711 g/mol. The molecule has 52 heavy (non-hydrogen) atoms. The van der Waals surface area contributed by atoms with E-state index < -0.39 is 41.1 Å². The number of aromatic nitrogens is 2. The van der Waals surface area contributed by atoms with E-state index in [-0.39, 0.29) is 24.9 Å². The largest absolute Gasteiger partial charge is 0.444 e. The molecule has 1 fully saturated rings. The number of rotatable bonds is 12. The first-order chi connectivity index (χ1) is 24.7. The minimum atomic E-state index is -1.43. The van der Waals surface area contributed by atoms with Gasteiger partial charge in [0, 0.05) is 19.3 Å². The van der Waals surface area contributed by atoms with E-state index in [1.165, 1.54) is 20.2 Å². The number of imidazole rings is 1. The smallest absolute Gasteiger partial charge is 0.408 e. The van der Waals surface area contributed by atoms with Crippen LogP contribution in [0.15, 0.2) is 85.3 Å². The Morgan fingerprint density at radius 2 is 1.58 bits per heavy atom. The normalized spacial score (nSPS) is 15.1. The molecule has 3 N–H and O–H groups in total. The maximum Gasteiger partial charge on any atom is 0.408 e. The number of carbonyl (C=O) groups excluding carboxylic acids is 4. The van der Waals surface area contributed by atoms with Crippen molar-refractivity contribution in [3.8, 4) is 0 Å². The van der Waals surface area contributed by atoms with E-state index in [1.807, 2.05) is 77.7 Å². The standard InChI is InChI=1S/C40H50N6O6/c1-27-18-20-45(21-19-27)36(48)34(31-17-16-29-14-10-11-15-30(29)22-31)46-23-33(41-26-46)43-35(47)32(25-51-24-28-12-8-7-9-13-28)42-37(49)40(5,6)44-38(50)52-39(2,3)4/h7-17,22-23,26-27,32,34H,18-21,24-25H2,1-6H3,(H,42,49)(H,43,47)(H,44,50). The molecule has 0 aliphatic carbocycles. The van der Waals surface area contributed by atoms with Crippen molar-refractivity contribution in [2.75, 3.05) is 25.0 Å². The molecule has 12 heteroatoms. The summed E-state index contributed by atoms with van der Waals surface area (Å²) in [6.45, 7) is 11.8. The van der Waals surface area contributed by atoms with Gasteiger partial charge < -0.3 is 34.9 Å². The van der Waals surface area contributed by atoms with Crippen LogP contribution in [-0.2, 0) is 30.5 Å². The van der Waals surface area contributed by atoms with Gasteiger partial charge in [-0.1, -0.05) is 73.7 Å². The molecule has 12 nitrogen and oxygen atoms in total. The molecule has 2 unspecified atom stereocenters. The van der Waals surface area contributed by atoms with Crippen molar-refractivity contribution in [3.63, 3.8) is 0 Å². The lowest BCUT2D eigenvalue weighted by Gasteiger charge is -2.33. The molecule has 4 amide bonds. The third kappa shape index (κ3) is 10.2. The Hall–Kier alpha value is -5.23. The summed E-state index contributed by atoms with van der Waals surface area (Å²) >= 11 is 0. The number of amides is 4. The van der Waals surface area contributed by atoms with E-state index >= 15 is 0 Å². The Morgan fingerprint density at radius 3 is 2.27 bits per heavy atom. The summed E-state index contributed by atoms with van der Waals surface area (Å²) in [5.41, 5.74) is -0.498. The van der Waals surface area contributed by atoms with Crippen LogP contribution in [0.25, 0.3) is 10.8 Å². The Bertz CT molecular complexity index is 1860. The predicted octanol–water partition coefficient (Wildman–Crippen LogP) is 5.83. The summed E-state index contributed by atoms with van der Waals surface area (Å²) in [5.74, 6) is -0.494. The zero-order valence-corrected chi connectivity index (χ0v) is 30.8. The molecule has 2 atom stereocenters. The number of hydrogen-bond acceptors (Lipinski definition) is 7. The van der Waals surface area contributed by atoms with Crippen molar-refractivity contribution >= 4 is 40.4 Å². The van der Waals surface area contributed by atoms with Gasteiger partial charge in [0.1, 0.15) is 23.2 Å². The molecular formula is C40H50N6O6. The van der Waals surface area contributed by atoms with Crippen LogP contribution < -0.4 is 16.0 Å². The van der Waals surface area contributed by atoms with E-state index in [0.717, 1.165) is 34.7 Å². The molecule has 1 aliphatic heterocycles. The van der Waals surface area contributed by atoms with Crippen LogP contribution in [-0.4, -0.2) is 75.1 Å². The fourth-order valence-corrected chi connectivity index (χ4v) is 5.98. The summed E-state index contributed by atoms with van der Waals surface area (Å²) in [5, 5.41) is 10.2. The summed E-state index contributed by atoms with van der Waals surface area (Å²) in [4.78, 5) is 60.3. The first-order valence-electron chi connectivity index (χ1n) is 17.7.